The third-order valence-electron chi connectivity index (χ3n) is 4.12. The van der Waals surface area contributed by atoms with Gasteiger partial charge in [0.15, 0.2) is 0 Å². The van der Waals surface area contributed by atoms with E-state index < -0.39 is 0 Å². The number of amides is 1. The van der Waals surface area contributed by atoms with Crippen molar-refractivity contribution in [2.45, 2.75) is 20.8 Å². The van der Waals surface area contributed by atoms with Gasteiger partial charge in [-0.15, -0.1) is 0 Å². The molecule has 1 amide bonds. The summed E-state index contributed by atoms with van der Waals surface area (Å²) in [5.74, 6) is 1.32. The Bertz CT molecular complexity index is 1040. The van der Waals surface area contributed by atoms with Gasteiger partial charge < -0.3 is 15.4 Å². The molecule has 0 radical (unpaired) electrons. The molecular formula is C21H21ClN4O2. The predicted molar refractivity (Wildman–Crippen MR) is 112 cm³/mol. The fraction of sp³-hybridized carbons (Fsp3) is 0.190. The number of aromatic nitrogens is 2. The molecule has 0 spiro atoms. The summed E-state index contributed by atoms with van der Waals surface area (Å²) >= 11 is 6.13. The van der Waals surface area contributed by atoms with Crippen molar-refractivity contribution in [3.63, 3.8) is 0 Å². The van der Waals surface area contributed by atoms with Crippen LogP contribution in [0, 0.1) is 20.8 Å². The summed E-state index contributed by atoms with van der Waals surface area (Å²) in [6, 6.07) is 12.7. The Morgan fingerprint density at radius 3 is 2.54 bits per heavy atom. The maximum atomic E-state index is 12.6. The summed E-state index contributed by atoms with van der Waals surface area (Å²) in [6.45, 7) is 5.62. The largest absolute Gasteiger partial charge is 0.495 e. The van der Waals surface area contributed by atoms with E-state index in [0.29, 0.717) is 28.1 Å². The molecule has 3 aromatic rings. The number of carbonyl (C=O) groups is 1. The van der Waals surface area contributed by atoms with Crippen LogP contribution in [0.1, 0.15) is 27.4 Å². The summed E-state index contributed by atoms with van der Waals surface area (Å²) in [4.78, 5) is 21.3. The van der Waals surface area contributed by atoms with E-state index >= 15 is 0 Å². The Morgan fingerprint density at radius 2 is 1.82 bits per heavy atom. The lowest BCUT2D eigenvalue weighted by Crippen LogP contribution is -2.15. The maximum absolute atomic E-state index is 12.6. The van der Waals surface area contributed by atoms with Crippen LogP contribution in [0.4, 0.5) is 17.2 Å². The smallest absolute Gasteiger partial charge is 0.274 e. The molecule has 0 saturated carbocycles. The first kappa shape index (κ1) is 19.6. The van der Waals surface area contributed by atoms with Crippen LogP contribution in [0.15, 0.2) is 42.5 Å². The van der Waals surface area contributed by atoms with Crippen LogP contribution < -0.4 is 15.4 Å². The topological polar surface area (TPSA) is 76.1 Å². The molecule has 0 unspecified atom stereocenters. The van der Waals surface area contributed by atoms with Gasteiger partial charge in [-0.05, 0) is 56.2 Å². The first-order valence-corrected chi connectivity index (χ1v) is 9.08. The number of nitrogens with zero attached hydrogens (tertiary/aromatic N) is 2. The number of carbonyl (C=O) groups excluding carboxylic acids is 1. The van der Waals surface area contributed by atoms with Gasteiger partial charge in [-0.3, -0.25) is 4.79 Å². The van der Waals surface area contributed by atoms with Gasteiger partial charge in [-0.25, -0.2) is 9.97 Å². The lowest BCUT2D eigenvalue weighted by Gasteiger charge is -2.13. The van der Waals surface area contributed by atoms with E-state index in [1.165, 1.54) is 0 Å². The Hall–Kier alpha value is -3.12. The van der Waals surface area contributed by atoms with Gasteiger partial charge in [0.05, 0.1) is 12.8 Å². The minimum Gasteiger partial charge on any atom is -0.495 e. The van der Waals surface area contributed by atoms with Gasteiger partial charge in [-0.2, -0.15) is 0 Å². The zero-order valence-electron chi connectivity index (χ0n) is 16.1. The molecule has 7 heteroatoms. The average molecular weight is 397 g/mol. The Balaban J connectivity index is 1.86. The lowest BCUT2D eigenvalue weighted by atomic mass is 10.2. The zero-order valence-corrected chi connectivity index (χ0v) is 16.9. The minimum absolute atomic E-state index is 0.248. The Labute approximate surface area is 168 Å². The van der Waals surface area contributed by atoms with Gasteiger partial charge in [0, 0.05) is 16.8 Å². The maximum Gasteiger partial charge on any atom is 0.274 e. The van der Waals surface area contributed by atoms with Crippen molar-refractivity contribution in [1.29, 1.82) is 0 Å². The molecule has 2 aromatic carbocycles. The van der Waals surface area contributed by atoms with E-state index in [-0.39, 0.29) is 11.6 Å². The third kappa shape index (κ3) is 4.58. The van der Waals surface area contributed by atoms with Gasteiger partial charge in [0.1, 0.15) is 23.1 Å². The number of anilines is 3. The fourth-order valence-corrected chi connectivity index (χ4v) is 2.85. The van der Waals surface area contributed by atoms with Crippen LogP contribution in [0.3, 0.4) is 0 Å². The molecule has 0 aliphatic heterocycles. The van der Waals surface area contributed by atoms with Crippen molar-refractivity contribution in [2.75, 3.05) is 17.7 Å². The average Bonchev–Trinajstić information content (AvgIpc) is 2.64. The monoisotopic (exact) mass is 396 g/mol. The van der Waals surface area contributed by atoms with E-state index in [1.54, 1.807) is 32.2 Å². The molecule has 28 heavy (non-hydrogen) atoms. The molecule has 2 N–H and O–H groups in total. The molecule has 0 aliphatic rings. The van der Waals surface area contributed by atoms with Gasteiger partial charge in [0.25, 0.3) is 5.91 Å². The number of hydrogen-bond acceptors (Lipinski definition) is 5. The van der Waals surface area contributed by atoms with Gasteiger partial charge >= 0.3 is 0 Å². The second-order valence-electron chi connectivity index (χ2n) is 6.43. The molecule has 0 atom stereocenters. The van der Waals surface area contributed by atoms with Crippen molar-refractivity contribution in [3.8, 4) is 5.75 Å². The van der Waals surface area contributed by atoms with Crippen molar-refractivity contribution < 1.29 is 9.53 Å². The van der Waals surface area contributed by atoms with E-state index in [2.05, 4.69) is 20.6 Å². The molecule has 0 saturated heterocycles. The Morgan fingerprint density at radius 1 is 1.04 bits per heavy atom. The minimum atomic E-state index is -0.343. The van der Waals surface area contributed by atoms with Crippen LogP contribution in [-0.2, 0) is 0 Å². The van der Waals surface area contributed by atoms with E-state index in [1.807, 2.05) is 38.1 Å². The van der Waals surface area contributed by atoms with Crippen LogP contribution in [0.25, 0.3) is 0 Å². The summed E-state index contributed by atoms with van der Waals surface area (Å²) < 4.78 is 5.38. The van der Waals surface area contributed by atoms with Crippen LogP contribution in [-0.4, -0.2) is 23.0 Å². The number of nitrogens with one attached hydrogen (secondary N) is 2. The highest BCUT2D eigenvalue weighted by atomic mass is 35.5. The number of hydrogen-bond donors (Lipinski definition) is 2. The highest BCUT2D eigenvalue weighted by molar-refractivity contribution is 6.31. The normalized spacial score (nSPS) is 10.5. The number of methoxy groups -OCH3 is 1. The van der Waals surface area contributed by atoms with Gasteiger partial charge in [0.2, 0.25) is 0 Å². The second kappa shape index (κ2) is 8.27. The highest BCUT2D eigenvalue weighted by Gasteiger charge is 2.13. The van der Waals surface area contributed by atoms with Crippen LogP contribution in [0.2, 0.25) is 5.02 Å². The standard InChI is InChI=1S/C21H21ClN4O2/c1-12-5-8-19(28-4)17(9-12)26-20-11-18(23-14(3)24-20)21(27)25-15-7-6-13(2)16(22)10-15/h5-11H,1-4H3,(H,25,27)(H,23,24,26). The first-order chi connectivity index (χ1) is 13.4. The fourth-order valence-electron chi connectivity index (χ4n) is 2.67. The van der Waals surface area contributed by atoms with E-state index in [4.69, 9.17) is 16.3 Å². The van der Waals surface area contributed by atoms with Crippen molar-refractivity contribution in [1.82, 2.24) is 9.97 Å². The van der Waals surface area contributed by atoms with Crippen LogP contribution >= 0.6 is 11.6 Å². The number of benzene rings is 2. The molecule has 144 valence electrons. The molecule has 3 rings (SSSR count). The number of ether oxygens (including phenoxy) is 1. The highest BCUT2D eigenvalue weighted by Crippen LogP contribution is 2.28. The molecule has 0 aliphatic carbocycles. The molecular weight excluding hydrogens is 376 g/mol. The quantitative estimate of drug-likeness (QED) is 0.630. The molecule has 1 aromatic heterocycles. The Kier molecular flexibility index (Phi) is 5.80. The zero-order chi connectivity index (χ0) is 20.3. The summed E-state index contributed by atoms with van der Waals surface area (Å²) in [5.41, 5.74) is 3.63. The first-order valence-electron chi connectivity index (χ1n) is 8.70. The molecule has 0 bridgehead atoms. The third-order valence-corrected chi connectivity index (χ3v) is 4.53. The van der Waals surface area contributed by atoms with Crippen molar-refractivity contribution >= 4 is 34.7 Å². The lowest BCUT2D eigenvalue weighted by molar-refractivity contribution is 0.102. The summed E-state index contributed by atoms with van der Waals surface area (Å²) in [7, 11) is 1.60. The van der Waals surface area contributed by atoms with E-state index in [0.717, 1.165) is 16.8 Å². The number of aryl methyl sites for hydroxylation is 3. The molecule has 1 heterocycles. The van der Waals surface area contributed by atoms with Crippen molar-refractivity contribution in [3.05, 3.63) is 70.1 Å². The SMILES string of the molecule is COc1ccc(C)cc1Nc1cc(C(=O)Nc2ccc(C)c(Cl)c2)nc(C)n1. The predicted octanol–water partition coefficient (Wildman–Crippen LogP) is 5.06. The molecule has 6 nitrogen and oxygen atoms in total. The van der Waals surface area contributed by atoms with Gasteiger partial charge in [-0.1, -0.05) is 23.7 Å². The number of halogens is 1. The summed E-state index contributed by atoms with van der Waals surface area (Å²) in [5, 5.41) is 6.60. The summed E-state index contributed by atoms with van der Waals surface area (Å²) in [6.07, 6.45) is 0. The van der Waals surface area contributed by atoms with Crippen LogP contribution in [0.5, 0.6) is 5.75 Å². The van der Waals surface area contributed by atoms with E-state index in [9.17, 15) is 4.79 Å². The number of rotatable bonds is 5. The second-order valence-corrected chi connectivity index (χ2v) is 6.84. The van der Waals surface area contributed by atoms with Crippen molar-refractivity contribution in [2.24, 2.45) is 0 Å². The molecule has 0 fully saturated rings.